The van der Waals surface area contributed by atoms with Gasteiger partial charge in [0.05, 0.1) is 6.20 Å². The van der Waals surface area contributed by atoms with Crippen molar-refractivity contribution < 1.29 is 0 Å². The highest BCUT2D eigenvalue weighted by Gasteiger charge is 2.23. The van der Waals surface area contributed by atoms with E-state index in [4.69, 9.17) is 0 Å². The van der Waals surface area contributed by atoms with Gasteiger partial charge in [-0.15, -0.1) is 10.2 Å². The first kappa shape index (κ1) is 16.1. The van der Waals surface area contributed by atoms with E-state index in [9.17, 15) is 0 Å². The van der Waals surface area contributed by atoms with E-state index in [2.05, 4.69) is 56.6 Å². The quantitative estimate of drug-likeness (QED) is 0.559. The SMILES string of the molecule is c1ccc(-c2nnc3cc(CN4CCC(c5ccccc5)C4)cnn23)cc1. The molecule has 5 rings (SSSR count). The smallest absolute Gasteiger partial charge is 0.185 e. The molecule has 0 bridgehead atoms. The molecule has 0 saturated carbocycles. The van der Waals surface area contributed by atoms with Gasteiger partial charge in [-0.3, -0.25) is 4.90 Å². The largest absolute Gasteiger partial charge is 0.298 e. The van der Waals surface area contributed by atoms with Crippen molar-refractivity contribution in [3.63, 3.8) is 0 Å². The van der Waals surface area contributed by atoms with Gasteiger partial charge >= 0.3 is 0 Å². The number of hydrogen-bond donors (Lipinski definition) is 0. The Labute approximate surface area is 158 Å². The minimum absolute atomic E-state index is 0.626. The monoisotopic (exact) mass is 355 g/mol. The van der Waals surface area contributed by atoms with E-state index in [0.29, 0.717) is 5.92 Å². The zero-order valence-electron chi connectivity index (χ0n) is 15.1. The third kappa shape index (κ3) is 3.22. The van der Waals surface area contributed by atoms with Gasteiger partial charge in [0.1, 0.15) is 0 Å². The second-order valence-electron chi connectivity index (χ2n) is 7.15. The fraction of sp³-hybridized carbons (Fsp3) is 0.227. The van der Waals surface area contributed by atoms with Crippen molar-refractivity contribution >= 4 is 5.65 Å². The molecule has 134 valence electrons. The van der Waals surface area contributed by atoms with Crippen LogP contribution in [0.3, 0.4) is 0 Å². The first-order chi connectivity index (χ1) is 13.4. The van der Waals surface area contributed by atoms with Gasteiger partial charge in [0, 0.05) is 18.7 Å². The Bertz CT molecular complexity index is 1040. The standard InChI is InChI=1S/C22H21N5/c1-3-7-18(8-4-1)20-11-12-26(16-20)15-17-13-21-24-25-22(27(21)23-14-17)19-9-5-2-6-10-19/h1-10,13-14,20H,11-12,15-16H2. The van der Waals surface area contributed by atoms with Crippen LogP contribution in [0.15, 0.2) is 72.9 Å². The summed E-state index contributed by atoms with van der Waals surface area (Å²) >= 11 is 0. The van der Waals surface area contributed by atoms with Crippen molar-refractivity contribution in [3.05, 3.63) is 84.1 Å². The molecule has 4 aromatic rings. The first-order valence-corrected chi connectivity index (χ1v) is 9.40. The van der Waals surface area contributed by atoms with Gasteiger partial charge in [-0.25, -0.2) is 0 Å². The molecule has 0 aliphatic carbocycles. The van der Waals surface area contributed by atoms with Crippen LogP contribution in [0, 0.1) is 0 Å². The molecule has 1 fully saturated rings. The lowest BCUT2D eigenvalue weighted by molar-refractivity contribution is 0.326. The number of rotatable bonds is 4. The molecule has 0 amide bonds. The summed E-state index contributed by atoms with van der Waals surface area (Å²) in [4.78, 5) is 2.50. The van der Waals surface area contributed by atoms with E-state index in [1.807, 2.05) is 41.0 Å². The Kier molecular flexibility index (Phi) is 4.14. The molecule has 1 aliphatic heterocycles. The average molecular weight is 355 g/mol. The molecule has 1 unspecified atom stereocenters. The molecule has 5 heteroatoms. The predicted molar refractivity (Wildman–Crippen MR) is 105 cm³/mol. The Hall–Kier alpha value is -3.05. The Morgan fingerprint density at radius 3 is 2.52 bits per heavy atom. The molecule has 27 heavy (non-hydrogen) atoms. The summed E-state index contributed by atoms with van der Waals surface area (Å²) in [6.45, 7) is 3.12. The second kappa shape index (κ2) is 6.93. The summed E-state index contributed by atoms with van der Waals surface area (Å²) in [6, 6.07) is 23.0. The minimum atomic E-state index is 0.626. The van der Waals surface area contributed by atoms with E-state index in [0.717, 1.165) is 36.7 Å². The van der Waals surface area contributed by atoms with Crippen molar-refractivity contribution in [1.29, 1.82) is 0 Å². The normalized spacial score (nSPS) is 17.6. The highest BCUT2D eigenvalue weighted by molar-refractivity contribution is 5.58. The second-order valence-corrected chi connectivity index (χ2v) is 7.15. The van der Waals surface area contributed by atoms with Crippen LogP contribution in [0.25, 0.3) is 17.0 Å². The molecular formula is C22H21N5. The van der Waals surface area contributed by atoms with E-state index in [1.54, 1.807) is 0 Å². The zero-order chi connectivity index (χ0) is 18.1. The number of benzene rings is 2. The summed E-state index contributed by atoms with van der Waals surface area (Å²) in [5, 5.41) is 13.3. The van der Waals surface area contributed by atoms with Crippen LogP contribution in [0.1, 0.15) is 23.5 Å². The Morgan fingerprint density at radius 1 is 0.926 bits per heavy atom. The number of hydrogen-bond acceptors (Lipinski definition) is 4. The van der Waals surface area contributed by atoms with Gasteiger partial charge in [-0.05, 0) is 36.1 Å². The van der Waals surface area contributed by atoms with Gasteiger partial charge in [0.2, 0.25) is 0 Å². The van der Waals surface area contributed by atoms with Gasteiger partial charge in [0.25, 0.3) is 0 Å². The lowest BCUT2D eigenvalue weighted by atomic mass is 9.99. The molecule has 1 aliphatic rings. The van der Waals surface area contributed by atoms with Crippen LogP contribution >= 0.6 is 0 Å². The topological polar surface area (TPSA) is 46.3 Å². The van der Waals surface area contributed by atoms with Crippen LogP contribution in [-0.2, 0) is 6.54 Å². The number of aromatic nitrogens is 4. The predicted octanol–water partition coefficient (Wildman–Crippen LogP) is 3.78. The van der Waals surface area contributed by atoms with Crippen LogP contribution < -0.4 is 0 Å². The summed E-state index contributed by atoms with van der Waals surface area (Å²) < 4.78 is 1.82. The van der Waals surface area contributed by atoms with E-state index in [1.165, 1.54) is 17.5 Å². The number of likely N-dealkylation sites (tertiary alicyclic amines) is 1. The summed E-state index contributed by atoms with van der Waals surface area (Å²) in [5.41, 5.74) is 4.45. The third-order valence-electron chi connectivity index (χ3n) is 5.30. The molecule has 1 saturated heterocycles. The number of nitrogens with zero attached hydrogens (tertiary/aromatic N) is 5. The van der Waals surface area contributed by atoms with Gasteiger partial charge in [-0.1, -0.05) is 60.7 Å². The highest BCUT2D eigenvalue weighted by Crippen LogP contribution is 2.28. The molecule has 0 radical (unpaired) electrons. The van der Waals surface area contributed by atoms with Crippen molar-refractivity contribution in [3.8, 4) is 11.4 Å². The molecule has 2 aromatic carbocycles. The molecule has 3 heterocycles. The van der Waals surface area contributed by atoms with E-state index < -0.39 is 0 Å². The van der Waals surface area contributed by atoms with E-state index in [-0.39, 0.29) is 0 Å². The highest BCUT2D eigenvalue weighted by atomic mass is 15.4. The fourth-order valence-electron chi connectivity index (χ4n) is 3.92. The molecule has 0 N–H and O–H groups in total. The molecule has 2 aromatic heterocycles. The third-order valence-corrected chi connectivity index (χ3v) is 5.30. The maximum atomic E-state index is 4.60. The first-order valence-electron chi connectivity index (χ1n) is 9.40. The van der Waals surface area contributed by atoms with Crippen LogP contribution in [0.2, 0.25) is 0 Å². The molecule has 5 nitrogen and oxygen atoms in total. The van der Waals surface area contributed by atoms with E-state index >= 15 is 0 Å². The van der Waals surface area contributed by atoms with Gasteiger partial charge < -0.3 is 0 Å². The van der Waals surface area contributed by atoms with Crippen molar-refractivity contribution in [2.24, 2.45) is 0 Å². The summed E-state index contributed by atoms with van der Waals surface area (Å²) in [6.07, 6.45) is 3.15. The lowest BCUT2D eigenvalue weighted by Gasteiger charge is -2.16. The van der Waals surface area contributed by atoms with Gasteiger partial charge in [0.15, 0.2) is 11.5 Å². The Balaban J connectivity index is 1.33. The lowest BCUT2D eigenvalue weighted by Crippen LogP contribution is -2.20. The molecular weight excluding hydrogens is 334 g/mol. The minimum Gasteiger partial charge on any atom is -0.298 e. The summed E-state index contributed by atoms with van der Waals surface area (Å²) in [5.74, 6) is 1.41. The van der Waals surface area contributed by atoms with Crippen molar-refractivity contribution in [2.75, 3.05) is 13.1 Å². The van der Waals surface area contributed by atoms with Crippen molar-refractivity contribution in [2.45, 2.75) is 18.9 Å². The molecule has 0 spiro atoms. The van der Waals surface area contributed by atoms with Crippen molar-refractivity contribution in [1.82, 2.24) is 24.7 Å². The average Bonchev–Trinajstić information content (AvgIpc) is 3.36. The van der Waals surface area contributed by atoms with Crippen LogP contribution in [-0.4, -0.2) is 37.8 Å². The summed E-state index contributed by atoms with van der Waals surface area (Å²) in [7, 11) is 0. The Morgan fingerprint density at radius 2 is 1.70 bits per heavy atom. The maximum absolute atomic E-state index is 4.60. The maximum Gasteiger partial charge on any atom is 0.185 e. The fourth-order valence-corrected chi connectivity index (χ4v) is 3.92. The van der Waals surface area contributed by atoms with Crippen LogP contribution in [0.4, 0.5) is 0 Å². The van der Waals surface area contributed by atoms with Gasteiger partial charge in [-0.2, -0.15) is 9.61 Å². The van der Waals surface area contributed by atoms with Crippen LogP contribution in [0.5, 0.6) is 0 Å². The zero-order valence-corrected chi connectivity index (χ0v) is 15.1. The molecule has 1 atom stereocenters. The number of fused-ring (bicyclic) bond motifs is 1.